The van der Waals surface area contributed by atoms with E-state index in [2.05, 4.69) is 15.9 Å². The Kier molecular flexibility index (Phi) is 3.69. The highest BCUT2D eigenvalue weighted by atomic mass is 79.9. The van der Waals surface area contributed by atoms with Crippen molar-refractivity contribution in [2.24, 2.45) is 0 Å². The van der Waals surface area contributed by atoms with Crippen molar-refractivity contribution in [2.75, 3.05) is 12.2 Å². The van der Waals surface area contributed by atoms with Crippen LogP contribution in [0.1, 0.15) is 10.6 Å². The first kappa shape index (κ1) is 12.7. The fraction of sp³-hybridized carbons (Fsp3) is 0.0833. The number of methoxy groups -OCH3 is 1. The highest BCUT2D eigenvalue weighted by Gasteiger charge is 2.19. The number of rotatable bonds is 3. The number of anilines is 1. The summed E-state index contributed by atoms with van der Waals surface area (Å²) in [5.74, 6) is -0.458. The number of benzene rings is 1. The van der Waals surface area contributed by atoms with Gasteiger partial charge in [-0.3, -0.25) is 10.0 Å². The van der Waals surface area contributed by atoms with Crippen LogP contribution in [0.4, 0.5) is 5.69 Å². The molecule has 0 saturated carbocycles. The number of amides is 1. The van der Waals surface area contributed by atoms with Crippen molar-refractivity contribution in [3.8, 4) is 5.95 Å². The quantitative estimate of drug-likeness (QED) is 0.699. The molecule has 0 bridgehead atoms. The lowest BCUT2D eigenvalue weighted by Gasteiger charge is -2.13. The van der Waals surface area contributed by atoms with Gasteiger partial charge in [0.2, 0.25) is 0 Å². The van der Waals surface area contributed by atoms with Gasteiger partial charge in [-0.15, -0.1) is 0 Å². The lowest BCUT2D eigenvalue weighted by Crippen LogP contribution is -2.26. The summed E-state index contributed by atoms with van der Waals surface area (Å²) >= 11 is 3.27. The van der Waals surface area contributed by atoms with Gasteiger partial charge in [-0.2, -0.15) is 5.06 Å². The fourth-order valence-corrected chi connectivity index (χ4v) is 1.61. The number of hydrogen-bond donors (Lipinski definition) is 1. The van der Waals surface area contributed by atoms with Crippen molar-refractivity contribution in [3.63, 3.8) is 0 Å². The molecular formula is C12H10BrNO4. The summed E-state index contributed by atoms with van der Waals surface area (Å²) in [5, 5.41) is 10.3. The van der Waals surface area contributed by atoms with Crippen molar-refractivity contribution in [1.29, 1.82) is 0 Å². The molecule has 0 aliphatic heterocycles. The van der Waals surface area contributed by atoms with Crippen LogP contribution < -0.4 is 9.80 Å². The van der Waals surface area contributed by atoms with Gasteiger partial charge in [0, 0.05) is 10.5 Å². The Morgan fingerprint density at radius 3 is 2.50 bits per heavy atom. The van der Waals surface area contributed by atoms with Crippen molar-refractivity contribution >= 4 is 27.5 Å². The van der Waals surface area contributed by atoms with E-state index in [-0.39, 0.29) is 11.7 Å². The molecule has 1 amide bonds. The van der Waals surface area contributed by atoms with Crippen LogP contribution in [0.3, 0.4) is 0 Å². The summed E-state index contributed by atoms with van der Waals surface area (Å²) in [6, 6.07) is 9.57. The van der Waals surface area contributed by atoms with Crippen LogP contribution in [0.2, 0.25) is 0 Å². The summed E-state index contributed by atoms with van der Waals surface area (Å²) in [5.41, 5.74) is 0.346. The fourth-order valence-electron chi connectivity index (χ4n) is 1.35. The van der Waals surface area contributed by atoms with E-state index in [4.69, 9.17) is 9.15 Å². The van der Waals surface area contributed by atoms with Crippen molar-refractivity contribution < 1.29 is 19.2 Å². The molecule has 0 aliphatic rings. The first-order valence-electron chi connectivity index (χ1n) is 5.04. The molecule has 0 aliphatic carbocycles. The summed E-state index contributed by atoms with van der Waals surface area (Å²) in [7, 11) is 1.43. The molecule has 2 aromatic rings. The van der Waals surface area contributed by atoms with E-state index in [1.807, 2.05) is 0 Å². The molecule has 0 saturated heterocycles. The summed E-state index contributed by atoms with van der Waals surface area (Å²) < 4.78 is 10.8. The molecule has 1 aromatic heterocycles. The second-order valence-corrected chi connectivity index (χ2v) is 4.33. The zero-order valence-corrected chi connectivity index (χ0v) is 11.0. The number of furan rings is 1. The molecule has 0 fully saturated rings. The topological polar surface area (TPSA) is 62.9 Å². The minimum atomic E-state index is -0.666. The normalized spacial score (nSPS) is 10.2. The summed E-state index contributed by atoms with van der Waals surface area (Å²) in [4.78, 5) is 11.9. The molecule has 94 valence electrons. The Balaban J connectivity index is 2.20. The van der Waals surface area contributed by atoms with Crippen LogP contribution >= 0.6 is 15.9 Å². The second-order valence-electron chi connectivity index (χ2n) is 3.42. The maximum Gasteiger partial charge on any atom is 0.317 e. The van der Waals surface area contributed by atoms with E-state index < -0.39 is 5.91 Å². The minimum Gasteiger partial charge on any atom is -0.468 e. The lowest BCUT2D eigenvalue weighted by molar-refractivity contribution is 0.0820. The first-order valence-corrected chi connectivity index (χ1v) is 5.84. The first-order chi connectivity index (χ1) is 8.61. The zero-order chi connectivity index (χ0) is 13.1. The Hall–Kier alpha value is -1.79. The van der Waals surface area contributed by atoms with Gasteiger partial charge >= 0.3 is 5.91 Å². The third kappa shape index (κ3) is 2.55. The summed E-state index contributed by atoms with van der Waals surface area (Å²) in [6.45, 7) is 0. The Labute approximate surface area is 112 Å². The Morgan fingerprint density at radius 1 is 1.28 bits per heavy atom. The van der Waals surface area contributed by atoms with Crippen molar-refractivity contribution in [1.82, 2.24) is 0 Å². The van der Waals surface area contributed by atoms with Gasteiger partial charge in [0.1, 0.15) is 0 Å². The second kappa shape index (κ2) is 5.24. The van der Waals surface area contributed by atoms with E-state index in [1.54, 1.807) is 24.3 Å². The summed E-state index contributed by atoms with van der Waals surface area (Å²) in [6.07, 6.45) is 0. The molecular weight excluding hydrogens is 302 g/mol. The number of hydroxylamine groups is 1. The van der Waals surface area contributed by atoms with Crippen LogP contribution in [0.15, 0.2) is 45.3 Å². The van der Waals surface area contributed by atoms with Crippen LogP contribution in [-0.4, -0.2) is 18.2 Å². The monoisotopic (exact) mass is 311 g/mol. The third-order valence-electron chi connectivity index (χ3n) is 2.26. The van der Waals surface area contributed by atoms with Gasteiger partial charge in [0.05, 0.1) is 12.8 Å². The van der Waals surface area contributed by atoms with Gasteiger partial charge in [-0.1, -0.05) is 15.9 Å². The number of carbonyl (C=O) groups excluding carboxylic acids is 1. The van der Waals surface area contributed by atoms with Gasteiger partial charge < -0.3 is 9.15 Å². The average molecular weight is 312 g/mol. The highest BCUT2D eigenvalue weighted by molar-refractivity contribution is 9.10. The standard InChI is InChI=1S/C12H10BrNO4/c1-17-11-7-6-10(18-11)12(15)14(16)9-4-2-8(13)3-5-9/h2-7,16H,1H3. The third-order valence-corrected chi connectivity index (χ3v) is 2.79. The highest BCUT2D eigenvalue weighted by Crippen LogP contribution is 2.21. The smallest absolute Gasteiger partial charge is 0.317 e. The molecule has 0 unspecified atom stereocenters. The number of ether oxygens (including phenoxy) is 1. The average Bonchev–Trinajstić information content (AvgIpc) is 2.86. The largest absolute Gasteiger partial charge is 0.468 e. The van der Waals surface area contributed by atoms with E-state index >= 15 is 0 Å². The molecule has 0 spiro atoms. The number of carbonyl (C=O) groups is 1. The van der Waals surface area contributed by atoms with Crippen molar-refractivity contribution in [2.45, 2.75) is 0 Å². The van der Waals surface area contributed by atoms with Crippen LogP contribution in [0.5, 0.6) is 5.95 Å². The maximum absolute atomic E-state index is 11.9. The van der Waals surface area contributed by atoms with E-state index in [0.29, 0.717) is 10.8 Å². The molecule has 1 aromatic carbocycles. The number of nitrogens with zero attached hydrogens (tertiary/aromatic N) is 1. The SMILES string of the molecule is COc1ccc(C(=O)N(O)c2ccc(Br)cc2)o1. The molecule has 2 rings (SSSR count). The molecule has 6 heteroatoms. The van der Waals surface area contributed by atoms with Crippen molar-refractivity contribution in [3.05, 3.63) is 46.6 Å². The van der Waals surface area contributed by atoms with Gasteiger partial charge in [-0.25, -0.2) is 0 Å². The molecule has 18 heavy (non-hydrogen) atoms. The minimum absolute atomic E-state index is 0.00253. The Morgan fingerprint density at radius 2 is 1.94 bits per heavy atom. The van der Waals surface area contributed by atoms with E-state index in [9.17, 15) is 10.0 Å². The van der Waals surface area contributed by atoms with Gasteiger partial charge in [0.15, 0.2) is 5.76 Å². The number of halogens is 1. The predicted molar refractivity (Wildman–Crippen MR) is 68.0 cm³/mol. The zero-order valence-electron chi connectivity index (χ0n) is 9.46. The van der Waals surface area contributed by atoms with Gasteiger partial charge in [0.25, 0.3) is 5.95 Å². The van der Waals surface area contributed by atoms with Crippen LogP contribution in [-0.2, 0) is 0 Å². The Bertz CT molecular complexity index is 549. The molecule has 1 N–H and O–H groups in total. The van der Waals surface area contributed by atoms with E-state index in [0.717, 1.165) is 4.47 Å². The molecule has 5 nitrogen and oxygen atoms in total. The lowest BCUT2D eigenvalue weighted by atomic mass is 10.3. The van der Waals surface area contributed by atoms with Crippen LogP contribution in [0, 0.1) is 0 Å². The molecule has 1 heterocycles. The molecule has 0 radical (unpaired) electrons. The predicted octanol–water partition coefficient (Wildman–Crippen LogP) is 3.09. The van der Waals surface area contributed by atoms with Crippen LogP contribution in [0.25, 0.3) is 0 Å². The van der Waals surface area contributed by atoms with Gasteiger partial charge in [-0.05, 0) is 30.3 Å². The number of hydrogen-bond acceptors (Lipinski definition) is 4. The molecule has 0 atom stereocenters. The maximum atomic E-state index is 11.9. The van der Waals surface area contributed by atoms with E-state index in [1.165, 1.54) is 19.2 Å².